The van der Waals surface area contributed by atoms with Gasteiger partial charge < -0.3 is 14.5 Å². The quantitative estimate of drug-likeness (QED) is 0.262. The van der Waals surface area contributed by atoms with Crippen LogP contribution in [0.15, 0.2) is 53.1 Å². The highest BCUT2D eigenvalue weighted by molar-refractivity contribution is 6.31. The molecule has 0 radical (unpaired) electrons. The van der Waals surface area contributed by atoms with E-state index in [2.05, 4.69) is 10.4 Å². The van der Waals surface area contributed by atoms with Crippen LogP contribution >= 0.6 is 11.6 Å². The second-order valence-electron chi connectivity index (χ2n) is 6.94. The predicted molar refractivity (Wildman–Crippen MR) is 110 cm³/mol. The van der Waals surface area contributed by atoms with Crippen LogP contribution in [0, 0.1) is 29.1 Å². The Bertz CT molecular complexity index is 1350. The highest BCUT2D eigenvalue weighted by atomic mass is 35.5. The minimum absolute atomic E-state index is 0.0369. The minimum Gasteiger partial charge on any atom is -0.479 e. The number of furan rings is 1. The van der Waals surface area contributed by atoms with Gasteiger partial charge in [0.15, 0.2) is 29.0 Å². The van der Waals surface area contributed by atoms with E-state index in [1.807, 2.05) is 0 Å². The first-order valence-corrected chi connectivity index (χ1v) is 9.92. The number of hydrogen-bond donors (Lipinski definition) is 1. The van der Waals surface area contributed by atoms with Gasteiger partial charge in [0, 0.05) is 23.4 Å². The number of carbonyl (C=O) groups is 1. The van der Waals surface area contributed by atoms with Gasteiger partial charge in [-0.2, -0.15) is 13.9 Å². The fraction of sp³-hybridized carbons (Fsp3) is 0.0909. The van der Waals surface area contributed by atoms with Gasteiger partial charge in [-0.15, -0.1) is 0 Å². The molecule has 4 rings (SSSR count). The van der Waals surface area contributed by atoms with E-state index >= 15 is 0 Å². The summed E-state index contributed by atoms with van der Waals surface area (Å²) in [6.45, 7) is -0.373. The van der Waals surface area contributed by atoms with Crippen LogP contribution in [-0.2, 0) is 13.2 Å². The first-order valence-electron chi connectivity index (χ1n) is 9.54. The van der Waals surface area contributed by atoms with Crippen molar-refractivity contribution in [3.05, 3.63) is 99.9 Å². The summed E-state index contributed by atoms with van der Waals surface area (Å²) < 4.78 is 78.5. The van der Waals surface area contributed by atoms with Gasteiger partial charge in [-0.1, -0.05) is 17.7 Å². The van der Waals surface area contributed by atoms with Gasteiger partial charge in [-0.05, 0) is 29.8 Å². The zero-order valence-corrected chi connectivity index (χ0v) is 17.7. The van der Waals surface area contributed by atoms with E-state index in [0.29, 0.717) is 5.56 Å². The fourth-order valence-corrected chi connectivity index (χ4v) is 3.14. The average Bonchev–Trinajstić information content (AvgIpc) is 3.44. The Morgan fingerprint density at radius 1 is 1.03 bits per heavy atom. The van der Waals surface area contributed by atoms with Crippen molar-refractivity contribution >= 4 is 23.3 Å². The molecule has 0 saturated heterocycles. The van der Waals surface area contributed by atoms with E-state index in [4.69, 9.17) is 20.8 Å². The van der Waals surface area contributed by atoms with E-state index in [9.17, 15) is 26.7 Å². The molecule has 6 nitrogen and oxygen atoms in total. The maximum atomic E-state index is 13.7. The zero-order valence-electron chi connectivity index (χ0n) is 16.9. The summed E-state index contributed by atoms with van der Waals surface area (Å²) in [5, 5.41) is 6.88. The molecule has 0 aliphatic carbocycles. The number of anilines is 1. The third-order valence-corrected chi connectivity index (χ3v) is 4.90. The van der Waals surface area contributed by atoms with Crippen LogP contribution in [0.3, 0.4) is 0 Å². The second-order valence-corrected chi connectivity index (χ2v) is 7.35. The molecule has 4 aromatic rings. The highest BCUT2D eigenvalue weighted by Crippen LogP contribution is 2.27. The first-order chi connectivity index (χ1) is 16.2. The monoisotopic (exact) mass is 497 g/mol. The standard InChI is InChI=1S/C22H13ClF5N3O3/c23-14-7-12(24)2-1-11(14)9-31-6-5-18(30-31)29-22(32)17-4-3-13(34-17)10-33-21-19(27)15(25)8-16(26)20(21)28/h1-8H,9-10H2,(H,29,30,32). The van der Waals surface area contributed by atoms with Gasteiger partial charge in [0.05, 0.1) is 6.54 Å². The largest absolute Gasteiger partial charge is 0.479 e. The van der Waals surface area contributed by atoms with Crippen molar-refractivity contribution in [2.75, 3.05) is 5.32 Å². The molecule has 176 valence electrons. The Balaban J connectivity index is 1.38. The molecule has 0 bridgehead atoms. The summed E-state index contributed by atoms with van der Waals surface area (Å²) in [7, 11) is 0. The first kappa shape index (κ1) is 23.3. The number of rotatable bonds is 7. The number of ether oxygens (including phenoxy) is 1. The van der Waals surface area contributed by atoms with Gasteiger partial charge in [0.1, 0.15) is 18.2 Å². The van der Waals surface area contributed by atoms with E-state index in [1.165, 1.54) is 41.1 Å². The Labute approximate surface area is 193 Å². The van der Waals surface area contributed by atoms with Crippen molar-refractivity contribution in [3.63, 3.8) is 0 Å². The molecule has 2 aromatic heterocycles. The van der Waals surface area contributed by atoms with E-state index in [0.717, 1.165) is 0 Å². The third-order valence-electron chi connectivity index (χ3n) is 4.55. The summed E-state index contributed by atoms with van der Waals surface area (Å²) in [6, 6.07) is 8.07. The van der Waals surface area contributed by atoms with Gasteiger partial charge in [-0.3, -0.25) is 9.48 Å². The molecule has 0 aliphatic rings. The Morgan fingerprint density at radius 2 is 1.76 bits per heavy atom. The van der Waals surface area contributed by atoms with Gasteiger partial charge in [0.2, 0.25) is 11.6 Å². The third kappa shape index (κ3) is 5.04. The van der Waals surface area contributed by atoms with Crippen LogP contribution in [0.4, 0.5) is 27.8 Å². The number of nitrogens with zero attached hydrogens (tertiary/aromatic N) is 2. The smallest absolute Gasteiger partial charge is 0.292 e. The van der Waals surface area contributed by atoms with Gasteiger partial charge >= 0.3 is 0 Å². The van der Waals surface area contributed by atoms with Gasteiger partial charge in [-0.25, -0.2) is 13.2 Å². The second kappa shape index (κ2) is 9.56. The van der Waals surface area contributed by atoms with E-state index in [1.54, 1.807) is 6.20 Å². The van der Waals surface area contributed by atoms with Crippen LogP contribution < -0.4 is 10.1 Å². The predicted octanol–water partition coefficient (Wildman–Crippen LogP) is 5.70. The summed E-state index contributed by atoms with van der Waals surface area (Å²) in [5.74, 6) is -9.06. The Hall–Kier alpha value is -3.86. The summed E-state index contributed by atoms with van der Waals surface area (Å²) in [4.78, 5) is 12.4. The van der Waals surface area contributed by atoms with Crippen molar-refractivity contribution in [2.24, 2.45) is 0 Å². The summed E-state index contributed by atoms with van der Waals surface area (Å²) in [5.41, 5.74) is 0.616. The summed E-state index contributed by atoms with van der Waals surface area (Å²) in [6.07, 6.45) is 1.57. The molecule has 34 heavy (non-hydrogen) atoms. The SMILES string of the molecule is O=C(Nc1ccn(Cc2ccc(F)cc2Cl)n1)c1ccc(COc2c(F)c(F)cc(F)c2F)o1. The zero-order chi connectivity index (χ0) is 24.4. The van der Waals surface area contributed by atoms with Crippen molar-refractivity contribution in [3.8, 4) is 5.75 Å². The van der Waals surface area contributed by atoms with Crippen LogP contribution in [0.2, 0.25) is 5.02 Å². The molecule has 0 saturated carbocycles. The van der Waals surface area contributed by atoms with E-state index in [-0.39, 0.29) is 35.0 Å². The molecular weight excluding hydrogens is 485 g/mol. The Kier molecular flexibility index (Phi) is 6.55. The van der Waals surface area contributed by atoms with Gasteiger partial charge in [0.25, 0.3) is 5.91 Å². The van der Waals surface area contributed by atoms with E-state index < -0.39 is 47.3 Å². The number of amides is 1. The number of hydrogen-bond acceptors (Lipinski definition) is 4. The number of benzene rings is 2. The molecule has 12 heteroatoms. The maximum absolute atomic E-state index is 13.7. The lowest BCUT2D eigenvalue weighted by molar-refractivity contribution is 0.0991. The number of aromatic nitrogens is 2. The molecular formula is C22H13ClF5N3O3. The molecule has 0 aliphatic heterocycles. The molecule has 2 aromatic carbocycles. The van der Waals surface area contributed by atoms with Crippen molar-refractivity contribution in [1.82, 2.24) is 9.78 Å². The van der Waals surface area contributed by atoms with Crippen LogP contribution in [0.25, 0.3) is 0 Å². The lowest BCUT2D eigenvalue weighted by Gasteiger charge is -2.08. The van der Waals surface area contributed by atoms with Crippen molar-refractivity contribution in [2.45, 2.75) is 13.2 Å². The highest BCUT2D eigenvalue weighted by Gasteiger charge is 2.21. The lowest BCUT2D eigenvalue weighted by atomic mass is 10.2. The summed E-state index contributed by atoms with van der Waals surface area (Å²) >= 11 is 6.00. The normalized spacial score (nSPS) is 11.0. The maximum Gasteiger partial charge on any atom is 0.292 e. The van der Waals surface area contributed by atoms with Crippen LogP contribution in [0.1, 0.15) is 21.9 Å². The van der Waals surface area contributed by atoms with Crippen molar-refractivity contribution < 1.29 is 35.9 Å². The fourth-order valence-electron chi connectivity index (χ4n) is 2.92. The van der Waals surface area contributed by atoms with Crippen LogP contribution in [0.5, 0.6) is 5.75 Å². The molecule has 0 unspecified atom stereocenters. The Morgan fingerprint density at radius 3 is 2.47 bits per heavy atom. The minimum atomic E-state index is -1.69. The molecule has 0 fully saturated rings. The average molecular weight is 498 g/mol. The topological polar surface area (TPSA) is 69.3 Å². The molecule has 2 heterocycles. The number of carbonyl (C=O) groups excluding carboxylic acids is 1. The van der Waals surface area contributed by atoms with Crippen molar-refractivity contribution in [1.29, 1.82) is 0 Å². The lowest BCUT2D eigenvalue weighted by Crippen LogP contribution is -2.12. The van der Waals surface area contributed by atoms with Crippen LogP contribution in [-0.4, -0.2) is 15.7 Å². The number of halogens is 6. The molecule has 1 N–H and O–H groups in total. The molecule has 1 amide bonds. The molecule has 0 atom stereocenters. The number of nitrogens with one attached hydrogen (secondary N) is 1. The molecule has 0 spiro atoms.